The molecule has 0 aliphatic carbocycles. The van der Waals surface area contributed by atoms with Crippen LogP contribution in [0.1, 0.15) is 151 Å². The summed E-state index contributed by atoms with van der Waals surface area (Å²) < 4.78 is 0. The number of aliphatic hydroxyl groups is 1. The number of imidazole rings is 1. The lowest BCUT2D eigenvalue weighted by atomic mass is 10.0. The van der Waals surface area contributed by atoms with Crippen molar-refractivity contribution >= 4 is 146 Å². The number of carbonyl (C=O) groups excluding carboxylic acids is 18. The fourth-order valence-electron chi connectivity index (χ4n) is 16.5. The molecule has 18 amide bonds. The molecule has 9 rings (SSSR count). The number of guanidine groups is 1. The van der Waals surface area contributed by atoms with E-state index in [0.717, 1.165) is 26.5 Å². The maximum Gasteiger partial charge on any atom is 0.251 e. The molecule has 2 aliphatic heterocycles. The van der Waals surface area contributed by atoms with Crippen molar-refractivity contribution in [3.63, 3.8) is 0 Å². The number of amides is 18. The van der Waals surface area contributed by atoms with E-state index in [2.05, 4.69) is 94.4 Å². The van der Waals surface area contributed by atoms with Crippen LogP contribution in [0.25, 0.3) is 21.8 Å². The molecule has 2 fully saturated rings. The summed E-state index contributed by atoms with van der Waals surface area (Å²) in [6.07, 6.45) is 4.93. The molecular formula is C96H131N25O19S. The number of unbranched alkanes of at least 4 members (excludes halogenated alkanes) is 2. The summed E-state index contributed by atoms with van der Waals surface area (Å²) in [4.78, 5) is 281. The number of primary amides is 2. The van der Waals surface area contributed by atoms with Crippen molar-refractivity contribution < 1.29 is 91.4 Å². The minimum absolute atomic E-state index is 0.0126. The van der Waals surface area contributed by atoms with Gasteiger partial charge in [-0.05, 0) is 105 Å². The smallest absolute Gasteiger partial charge is 0.251 e. The SMILES string of the molecule is CCCC[C@@H]1NC(=O)[C@H](CCCC)N(C)C(=O)[C@H](Cc2c[nH]c3ccccc23)NC(=O)[C@H](CO)NC(=O)[C@H](Cc2c[nH]c3ccccc23)NC(=O)[C@H](CCNC(=O)c2ccccc2)NC(=O)[C@H](CC(C)C)NC(=O)[C@H](Cc2cnc[nH]2)NC(=O)[C@@H]2CCCN2C(=O)[C@H](CC(N)=O)NC(=O)[C@H](C)N(C)C(=O)[C@H](Cc2ccccc2)NC(=O)CSC[C@@H](C(=O)NCC(N)=O)NC(=O)[C@H](CCCNC(=N)N)NC1=O. The highest BCUT2D eigenvalue weighted by Crippen LogP contribution is 2.26. The summed E-state index contributed by atoms with van der Waals surface area (Å²) in [6, 6.07) is 8.32. The Morgan fingerprint density at radius 3 is 1.60 bits per heavy atom. The van der Waals surface area contributed by atoms with E-state index >= 15 is 38.4 Å². The third kappa shape index (κ3) is 32.9. The van der Waals surface area contributed by atoms with Crippen LogP contribution in [0.4, 0.5) is 0 Å². The van der Waals surface area contributed by atoms with Gasteiger partial charge in [-0.2, -0.15) is 0 Å². The van der Waals surface area contributed by atoms with Crippen LogP contribution in [0.5, 0.6) is 0 Å². The van der Waals surface area contributed by atoms with Crippen molar-refractivity contribution in [2.24, 2.45) is 23.1 Å². The van der Waals surface area contributed by atoms with Gasteiger partial charge >= 0.3 is 0 Å². The van der Waals surface area contributed by atoms with Gasteiger partial charge in [-0.3, -0.25) is 91.7 Å². The monoisotopic (exact) mass is 1970 g/mol. The molecule has 760 valence electrons. The minimum atomic E-state index is -1.92. The molecule has 25 N–H and O–H groups in total. The highest BCUT2D eigenvalue weighted by molar-refractivity contribution is 8.00. The van der Waals surface area contributed by atoms with E-state index in [1.54, 1.807) is 135 Å². The summed E-state index contributed by atoms with van der Waals surface area (Å²) in [5.41, 5.74) is 20.1. The maximum absolute atomic E-state index is 15.7. The third-order valence-corrected chi connectivity index (χ3v) is 25.4. The predicted octanol–water partition coefficient (Wildman–Crippen LogP) is -1.63. The van der Waals surface area contributed by atoms with E-state index in [4.69, 9.17) is 22.6 Å². The molecule has 0 unspecified atom stereocenters. The van der Waals surface area contributed by atoms with E-state index < -0.39 is 234 Å². The first-order valence-electron chi connectivity index (χ1n) is 47.2. The molecule has 3 aromatic heterocycles. The second-order valence-electron chi connectivity index (χ2n) is 35.5. The van der Waals surface area contributed by atoms with Crippen molar-refractivity contribution in [1.29, 1.82) is 5.41 Å². The Morgan fingerprint density at radius 2 is 1.01 bits per heavy atom. The molecule has 45 heteroatoms. The molecule has 7 aromatic rings. The largest absolute Gasteiger partial charge is 0.394 e. The van der Waals surface area contributed by atoms with Crippen LogP contribution in [0.2, 0.25) is 0 Å². The number of aromatic nitrogens is 4. The molecule has 0 saturated carbocycles. The Hall–Kier alpha value is -14.8. The summed E-state index contributed by atoms with van der Waals surface area (Å²) in [6.45, 7) is 6.14. The Kier molecular flexibility index (Phi) is 42.5. The summed E-state index contributed by atoms with van der Waals surface area (Å²) in [7, 11) is 2.57. The van der Waals surface area contributed by atoms with Gasteiger partial charge in [0, 0.05) is 117 Å². The molecule has 0 radical (unpaired) electrons. The zero-order chi connectivity index (χ0) is 103. The summed E-state index contributed by atoms with van der Waals surface area (Å²) in [5.74, 6) is -18.7. The number of thioether (sulfide) groups is 1. The predicted molar refractivity (Wildman–Crippen MR) is 523 cm³/mol. The van der Waals surface area contributed by atoms with Crippen molar-refractivity contribution in [3.8, 4) is 0 Å². The number of rotatable bonds is 30. The Labute approximate surface area is 819 Å². The van der Waals surface area contributed by atoms with Gasteiger partial charge in [0.2, 0.25) is 100 Å². The molecule has 4 aromatic carbocycles. The third-order valence-electron chi connectivity index (χ3n) is 24.3. The number of likely N-dealkylation sites (N-methyl/N-ethyl adjacent to an activating group) is 2. The topological polar surface area (TPSA) is 668 Å². The average Bonchev–Trinajstić information content (AvgIpc) is 1.73. The molecule has 2 saturated heterocycles. The normalized spacial score (nSPS) is 23.1. The van der Waals surface area contributed by atoms with Crippen LogP contribution in [0, 0.1) is 11.3 Å². The van der Waals surface area contributed by atoms with Crippen LogP contribution in [-0.4, -0.2) is 295 Å². The molecule has 0 bridgehead atoms. The molecule has 141 heavy (non-hydrogen) atoms. The van der Waals surface area contributed by atoms with Gasteiger partial charge in [0.15, 0.2) is 5.96 Å². The zero-order valence-corrected chi connectivity index (χ0v) is 80.9. The van der Waals surface area contributed by atoms with Crippen molar-refractivity contribution in [1.82, 2.24) is 109 Å². The van der Waals surface area contributed by atoms with Gasteiger partial charge in [-0.15, -0.1) is 11.8 Å². The van der Waals surface area contributed by atoms with E-state index in [1.165, 1.54) is 33.5 Å². The van der Waals surface area contributed by atoms with Gasteiger partial charge in [0.05, 0.1) is 31.7 Å². The molecule has 0 spiro atoms. The Morgan fingerprint density at radius 1 is 0.504 bits per heavy atom. The number of nitrogens with two attached hydrogens (primary N) is 3. The van der Waals surface area contributed by atoms with Gasteiger partial charge in [-0.1, -0.05) is 138 Å². The van der Waals surface area contributed by atoms with Crippen molar-refractivity contribution in [2.75, 3.05) is 58.4 Å². The Bertz CT molecular complexity index is 5530. The lowest BCUT2D eigenvalue weighted by Gasteiger charge is -2.33. The molecule has 14 atom stereocenters. The number of aliphatic hydroxyl groups excluding tert-OH is 1. The van der Waals surface area contributed by atoms with Crippen LogP contribution < -0.4 is 91.6 Å². The summed E-state index contributed by atoms with van der Waals surface area (Å²) in [5, 5.41) is 57.8. The first-order chi connectivity index (χ1) is 67.4. The lowest BCUT2D eigenvalue weighted by Crippen LogP contribution is -2.62. The van der Waals surface area contributed by atoms with Crippen LogP contribution in [0.15, 0.2) is 134 Å². The quantitative estimate of drug-likeness (QED) is 0.0136. The number of para-hydroxylation sites is 2. The number of H-pyrrole nitrogens is 3. The number of nitrogens with zero attached hydrogens (tertiary/aromatic N) is 4. The maximum atomic E-state index is 15.7. The standard InChI is InChI=1S/C96H131N25O19S/c1-8-10-30-65-84(129)109-66(33-22-37-103-96(99)100)85(130)118-75(83(128)106-49-79(98)124)51-141-52-80(125)108-71(41-56-24-14-12-15-25-56)93(138)119(6)55(5)81(126)115-73(45-78(97)123)95(140)121-39-23-35-77(121)92(137)114-70(44-60-48-101-53-107-60)89(134)112-68(40-54(3)4)87(132)110-67(36-38-102-82(127)57-26-16-13-17-27-57)86(131)113-69(42-58-46-104-63-31-20-18-28-61(58)63)88(133)117-74(50-122)90(135)116-72(43-59-47-105-64-32-21-19-29-62(59)64)94(139)120(7)76(34-11-9-2)91(136)111-65/h12-21,24-29,31-32,46-48,53-55,65-77,104-105,122H,8-11,22-23,30,33-45,49-52H2,1-7H3,(H2,97,123)(H2,98,124)(H,101,107)(H,102,127)(H,106,128)(H,108,125)(H,109,129)(H,110,132)(H,111,136)(H,112,134)(H,113,131)(H,114,137)(H,115,126)(H,116,135)(H,117,133)(H,118,130)(H4,99,100,103)/t55-,65-,66-,67-,68-,69-,70-,71-,72-,73-,74-,75-,76-,77-/m0/s1. The van der Waals surface area contributed by atoms with Crippen molar-refractivity contribution in [2.45, 2.75) is 228 Å². The van der Waals surface area contributed by atoms with Gasteiger partial charge in [0.1, 0.15) is 84.6 Å². The number of aromatic amines is 3. The van der Waals surface area contributed by atoms with Crippen LogP contribution in [-0.2, 0) is 107 Å². The average molecular weight is 1970 g/mol. The highest BCUT2D eigenvalue weighted by Gasteiger charge is 2.44. The number of benzene rings is 4. The van der Waals surface area contributed by atoms with Gasteiger partial charge in [0.25, 0.3) is 5.91 Å². The number of hydrogen-bond donors (Lipinski definition) is 22. The second kappa shape index (κ2) is 54.5. The van der Waals surface area contributed by atoms with E-state index in [0.29, 0.717) is 69.9 Å². The van der Waals surface area contributed by atoms with Crippen LogP contribution in [0.3, 0.4) is 0 Å². The fraction of sp³-hybridized carbons (Fsp3) is 0.479. The Balaban J connectivity index is 1.11. The molecule has 44 nitrogen and oxygen atoms in total. The minimum Gasteiger partial charge on any atom is -0.394 e. The molecular weight excluding hydrogens is 1840 g/mol. The number of carbonyl (C=O) groups is 18. The lowest BCUT2D eigenvalue weighted by molar-refractivity contribution is -0.145. The first-order valence-corrected chi connectivity index (χ1v) is 48.3. The first kappa shape index (κ1) is 110. The summed E-state index contributed by atoms with van der Waals surface area (Å²) >= 11 is 0.784. The molecule has 2 aliphatic rings. The van der Waals surface area contributed by atoms with E-state index in [-0.39, 0.29) is 102 Å². The van der Waals surface area contributed by atoms with Crippen molar-refractivity contribution in [3.05, 3.63) is 162 Å². The van der Waals surface area contributed by atoms with Gasteiger partial charge < -0.3 is 126 Å². The molecule has 5 heterocycles. The van der Waals surface area contributed by atoms with Gasteiger partial charge in [-0.25, -0.2) is 4.98 Å². The zero-order valence-electron chi connectivity index (χ0n) is 80.1. The number of nitrogens with one attached hydrogen (secondary N) is 18. The van der Waals surface area contributed by atoms with E-state index in [1.807, 2.05) is 13.8 Å². The number of hydrogen-bond acceptors (Lipinski definition) is 22. The van der Waals surface area contributed by atoms with Crippen LogP contribution >= 0.6 is 11.8 Å². The fourth-order valence-corrected chi connectivity index (χ4v) is 17.4. The number of fused-ring (bicyclic) bond motifs is 3. The second-order valence-corrected chi connectivity index (χ2v) is 36.5. The highest BCUT2D eigenvalue weighted by atomic mass is 32.2. The van der Waals surface area contributed by atoms with E-state index in [9.17, 15) is 53.1 Å².